The fourth-order valence-electron chi connectivity index (χ4n) is 1.94. The molecule has 0 aromatic heterocycles. The number of primary amides is 1. The number of hydrogen-bond donors (Lipinski definition) is 1. The van der Waals surface area contributed by atoms with Crippen molar-refractivity contribution in [1.82, 2.24) is 4.90 Å². The third-order valence-corrected chi connectivity index (χ3v) is 3.47. The molecule has 0 saturated carbocycles. The number of hydrogen-bond acceptors (Lipinski definition) is 4. The third-order valence-electron chi connectivity index (χ3n) is 2.94. The maximum atomic E-state index is 12.3. The van der Waals surface area contributed by atoms with Crippen LogP contribution < -0.4 is 5.73 Å². The van der Waals surface area contributed by atoms with E-state index in [0.29, 0.717) is 0 Å². The van der Waals surface area contributed by atoms with Crippen LogP contribution in [-0.4, -0.2) is 42.4 Å². The minimum atomic E-state index is -0.856. The number of halogens is 1. The fourth-order valence-corrected chi connectivity index (χ4v) is 2.20. The first-order chi connectivity index (χ1) is 10.6. The Hall–Kier alpha value is -1.60. The van der Waals surface area contributed by atoms with Crippen LogP contribution in [0.5, 0.6) is 0 Å². The van der Waals surface area contributed by atoms with Gasteiger partial charge in [0, 0.05) is 18.0 Å². The first-order valence-electron chi connectivity index (χ1n) is 7.16. The SMILES string of the molecule is COCN(C(=O)OC(C)(C)C)C(Cc1ccc(Br)cc1)C(N)=O. The van der Waals surface area contributed by atoms with Gasteiger partial charge in [-0.05, 0) is 38.5 Å². The third kappa shape index (κ3) is 6.58. The van der Waals surface area contributed by atoms with Crippen molar-refractivity contribution in [2.24, 2.45) is 5.73 Å². The van der Waals surface area contributed by atoms with Crippen LogP contribution in [-0.2, 0) is 20.7 Å². The van der Waals surface area contributed by atoms with Gasteiger partial charge in [-0.1, -0.05) is 28.1 Å². The van der Waals surface area contributed by atoms with Crippen molar-refractivity contribution >= 4 is 27.9 Å². The molecule has 0 heterocycles. The van der Waals surface area contributed by atoms with Gasteiger partial charge in [-0.3, -0.25) is 9.69 Å². The molecule has 0 spiro atoms. The van der Waals surface area contributed by atoms with E-state index in [1.54, 1.807) is 20.8 Å². The molecule has 1 aromatic rings. The summed E-state index contributed by atoms with van der Waals surface area (Å²) in [6, 6.07) is 6.59. The van der Waals surface area contributed by atoms with Crippen LogP contribution >= 0.6 is 15.9 Å². The zero-order chi connectivity index (χ0) is 17.6. The summed E-state index contributed by atoms with van der Waals surface area (Å²) in [5.74, 6) is -0.615. The highest BCUT2D eigenvalue weighted by molar-refractivity contribution is 9.10. The first kappa shape index (κ1) is 19.4. The molecule has 0 fully saturated rings. The molecule has 1 aromatic carbocycles. The summed E-state index contributed by atoms with van der Waals surface area (Å²) in [4.78, 5) is 25.4. The molecule has 0 aliphatic heterocycles. The molecule has 1 rings (SSSR count). The molecule has 2 N–H and O–H groups in total. The molecule has 1 atom stereocenters. The molecular weight excluding hydrogens is 364 g/mol. The van der Waals surface area contributed by atoms with E-state index >= 15 is 0 Å². The van der Waals surface area contributed by atoms with E-state index in [2.05, 4.69) is 15.9 Å². The van der Waals surface area contributed by atoms with Crippen LogP contribution in [0, 0.1) is 0 Å². The van der Waals surface area contributed by atoms with Crippen molar-refractivity contribution in [2.75, 3.05) is 13.8 Å². The summed E-state index contributed by atoms with van der Waals surface area (Å²) in [6.07, 6.45) is -0.356. The Bertz CT molecular complexity index is 540. The summed E-state index contributed by atoms with van der Waals surface area (Å²) < 4.78 is 11.3. The number of carbonyl (C=O) groups is 2. The van der Waals surface area contributed by atoms with Gasteiger partial charge in [-0.15, -0.1) is 0 Å². The maximum absolute atomic E-state index is 12.3. The lowest BCUT2D eigenvalue weighted by Crippen LogP contribution is -2.51. The van der Waals surface area contributed by atoms with Crippen LogP contribution in [0.25, 0.3) is 0 Å². The molecular formula is C16H23BrN2O4. The van der Waals surface area contributed by atoms with Gasteiger partial charge in [0.1, 0.15) is 18.4 Å². The Balaban J connectivity index is 2.99. The summed E-state index contributed by atoms with van der Waals surface area (Å²) in [7, 11) is 1.44. The van der Waals surface area contributed by atoms with Gasteiger partial charge in [-0.25, -0.2) is 4.79 Å². The molecule has 0 aliphatic carbocycles. The second kappa shape index (κ2) is 8.31. The fraction of sp³-hybridized carbons (Fsp3) is 0.500. The molecule has 1 unspecified atom stereocenters. The van der Waals surface area contributed by atoms with Gasteiger partial charge in [-0.2, -0.15) is 0 Å². The molecule has 0 aliphatic rings. The number of rotatable bonds is 6. The van der Waals surface area contributed by atoms with Gasteiger partial charge in [0.05, 0.1) is 0 Å². The molecule has 7 heteroatoms. The van der Waals surface area contributed by atoms with Crippen LogP contribution in [0.3, 0.4) is 0 Å². The smallest absolute Gasteiger partial charge is 0.412 e. The molecule has 0 radical (unpaired) electrons. The minimum Gasteiger partial charge on any atom is -0.444 e. The van der Waals surface area contributed by atoms with Crippen molar-refractivity contribution in [3.63, 3.8) is 0 Å². The highest BCUT2D eigenvalue weighted by atomic mass is 79.9. The van der Waals surface area contributed by atoms with Gasteiger partial charge in [0.25, 0.3) is 0 Å². The second-order valence-corrected chi connectivity index (χ2v) is 7.03. The van der Waals surface area contributed by atoms with Gasteiger partial charge in [0.15, 0.2) is 0 Å². The Kier molecular flexibility index (Phi) is 7.02. The molecule has 0 bridgehead atoms. The standard InChI is InChI=1S/C16H23BrN2O4/c1-16(2,3)23-15(21)19(10-22-4)13(14(18)20)9-11-5-7-12(17)8-6-11/h5-8,13H,9-10H2,1-4H3,(H2,18,20). The Labute approximate surface area is 145 Å². The quantitative estimate of drug-likeness (QED) is 0.761. The average molecular weight is 387 g/mol. The first-order valence-corrected chi connectivity index (χ1v) is 7.95. The van der Waals surface area contributed by atoms with Crippen molar-refractivity contribution in [2.45, 2.75) is 38.8 Å². The van der Waals surface area contributed by atoms with Gasteiger partial charge < -0.3 is 15.2 Å². The van der Waals surface area contributed by atoms with Gasteiger partial charge >= 0.3 is 6.09 Å². The van der Waals surface area contributed by atoms with Crippen molar-refractivity contribution in [3.05, 3.63) is 34.3 Å². The Morgan fingerprint density at radius 2 is 1.83 bits per heavy atom. The summed E-state index contributed by atoms with van der Waals surface area (Å²) in [5.41, 5.74) is 5.69. The summed E-state index contributed by atoms with van der Waals surface area (Å²) in [5, 5.41) is 0. The van der Waals surface area contributed by atoms with E-state index in [0.717, 1.165) is 10.0 Å². The number of benzene rings is 1. The minimum absolute atomic E-state index is 0.0843. The number of amides is 2. The zero-order valence-electron chi connectivity index (χ0n) is 13.8. The highest BCUT2D eigenvalue weighted by Gasteiger charge is 2.31. The maximum Gasteiger partial charge on any atom is 0.412 e. The molecule has 6 nitrogen and oxygen atoms in total. The number of carbonyl (C=O) groups excluding carboxylic acids is 2. The molecule has 23 heavy (non-hydrogen) atoms. The van der Waals surface area contributed by atoms with E-state index in [4.69, 9.17) is 15.2 Å². The topological polar surface area (TPSA) is 81.9 Å². The lowest BCUT2D eigenvalue weighted by Gasteiger charge is -2.31. The van der Waals surface area contributed by atoms with E-state index in [-0.39, 0.29) is 13.2 Å². The predicted octanol–water partition coefficient (Wildman–Crippen LogP) is 2.69. The van der Waals surface area contributed by atoms with Crippen LogP contribution in [0.4, 0.5) is 4.79 Å². The largest absolute Gasteiger partial charge is 0.444 e. The Morgan fingerprint density at radius 3 is 2.26 bits per heavy atom. The summed E-state index contributed by atoms with van der Waals surface area (Å²) in [6.45, 7) is 5.18. The van der Waals surface area contributed by atoms with Crippen molar-refractivity contribution < 1.29 is 19.1 Å². The monoisotopic (exact) mass is 386 g/mol. The van der Waals surface area contributed by atoms with E-state index in [1.165, 1.54) is 12.0 Å². The number of ether oxygens (including phenoxy) is 2. The average Bonchev–Trinajstić information content (AvgIpc) is 2.42. The van der Waals surface area contributed by atoms with Crippen LogP contribution in [0.15, 0.2) is 28.7 Å². The van der Waals surface area contributed by atoms with Crippen molar-refractivity contribution in [3.8, 4) is 0 Å². The number of methoxy groups -OCH3 is 1. The van der Waals surface area contributed by atoms with E-state index in [1.807, 2.05) is 24.3 Å². The van der Waals surface area contributed by atoms with E-state index in [9.17, 15) is 9.59 Å². The number of nitrogens with two attached hydrogens (primary N) is 1. The lowest BCUT2D eigenvalue weighted by molar-refractivity contribution is -0.125. The van der Waals surface area contributed by atoms with E-state index < -0.39 is 23.6 Å². The normalized spacial score (nSPS) is 12.6. The molecule has 2 amide bonds. The van der Waals surface area contributed by atoms with Crippen molar-refractivity contribution in [1.29, 1.82) is 0 Å². The lowest BCUT2D eigenvalue weighted by atomic mass is 10.0. The van der Waals surface area contributed by atoms with Gasteiger partial charge in [0.2, 0.25) is 5.91 Å². The molecule has 0 saturated heterocycles. The highest BCUT2D eigenvalue weighted by Crippen LogP contribution is 2.17. The van der Waals surface area contributed by atoms with Crippen LogP contribution in [0.2, 0.25) is 0 Å². The zero-order valence-corrected chi connectivity index (χ0v) is 15.4. The predicted molar refractivity (Wildman–Crippen MR) is 90.8 cm³/mol. The molecule has 128 valence electrons. The van der Waals surface area contributed by atoms with Crippen LogP contribution in [0.1, 0.15) is 26.3 Å². The summed E-state index contributed by atoms with van der Waals surface area (Å²) >= 11 is 3.35. The Morgan fingerprint density at radius 1 is 1.26 bits per heavy atom. The number of nitrogens with zero attached hydrogens (tertiary/aromatic N) is 1. The second-order valence-electron chi connectivity index (χ2n) is 6.12.